The molecule has 5 nitrogen and oxygen atoms in total. The van der Waals surface area contributed by atoms with E-state index in [9.17, 15) is 9.59 Å². The summed E-state index contributed by atoms with van der Waals surface area (Å²) in [5.74, 6) is 1.19. The van der Waals surface area contributed by atoms with Crippen LogP contribution < -0.4 is 9.47 Å². The van der Waals surface area contributed by atoms with Crippen molar-refractivity contribution in [1.82, 2.24) is 4.90 Å². The van der Waals surface area contributed by atoms with Crippen molar-refractivity contribution in [3.8, 4) is 11.5 Å². The maximum Gasteiger partial charge on any atom is 0.175 e. The zero-order valence-electron chi connectivity index (χ0n) is 22.1. The molecule has 2 aliphatic carbocycles. The molecule has 1 aromatic rings. The second-order valence-corrected chi connectivity index (χ2v) is 12.6. The number of allylic oxidation sites excluding steroid dienone is 4. The van der Waals surface area contributed by atoms with Crippen LogP contribution in [0.5, 0.6) is 11.5 Å². The van der Waals surface area contributed by atoms with Crippen molar-refractivity contribution < 1.29 is 19.1 Å². The van der Waals surface area contributed by atoms with Crippen LogP contribution >= 0.6 is 15.9 Å². The van der Waals surface area contributed by atoms with Gasteiger partial charge in [0.05, 0.1) is 17.7 Å². The molecule has 0 amide bonds. The first kappa shape index (κ1) is 26.0. The standard InChI is InChI=1S/C29H38BrNO4/c1-8-10-35-27-18(30)11-17(12-23(27)34-9-2)24-25-19(13-28(3,4)15-21(25)32)31(7)20-14-29(5,6)16-22(33)26(20)24/h11-12,24H,8-10,13-16H2,1-7H3. The zero-order chi connectivity index (χ0) is 25.7. The van der Waals surface area contributed by atoms with Crippen molar-refractivity contribution in [2.24, 2.45) is 10.8 Å². The molecular formula is C29H38BrNO4. The lowest BCUT2D eigenvalue weighted by Crippen LogP contribution is -2.43. The van der Waals surface area contributed by atoms with Gasteiger partial charge >= 0.3 is 0 Å². The van der Waals surface area contributed by atoms with Gasteiger partial charge in [-0.3, -0.25) is 9.59 Å². The van der Waals surface area contributed by atoms with Crippen LogP contribution in [-0.4, -0.2) is 36.7 Å². The largest absolute Gasteiger partial charge is 0.490 e. The molecule has 1 aliphatic heterocycles. The minimum atomic E-state index is -0.390. The number of carbonyl (C=O) groups is 2. The van der Waals surface area contributed by atoms with E-state index >= 15 is 0 Å². The van der Waals surface area contributed by atoms with E-state index in [4.69, 9.17) is 9.47 Å². The summed E-state index contributed by atoms with van der Waals surface area (Å²) in [6.07, 6.45) is 3.47. The molecule has 1 heterocycles. The van der Waals surface area contributed by atoms with Crippen LogP contribution in [0, 0.1) is 10.8 Å². The van der Waals surface area contributed by atoms with Crippen molar-refractivity contribution in [3.05, 3.63) is 44.7 Å². The maximum absolute atomic E-state index is 13.7. The average Bonchev–Trinajstić information content (AvgIpc) is 2.73. The number of nitrogens with zero attached hydrogens (tertiary/aromatic N) is 1. The molecule has 0 atom stereocenters. The highest BCUT2D eigenvalue weighted by molar-refractivity contribution is 9.10. The first-order chi connectivity index (χ1) is 16.4. The summed E-state index contributed by atoms with van der Waals surface area (Å²) in [5.41, 5.74) is 4.33. The summed E-state index contributed by atoms with van der Waals surface area (Å²) in [5, 5.41) is 0. The molecule has 1 aromatic carbocycles. The lowest BCUT2D eigenvalue weighted by Gasteiger charge is -2.48. The molecule has 4 rings (SSSR count). The SMILES string of the molecule is CCCOc1c(Br)cc(C2C3=C(CC(C)(C)CC3=O)N(C)C3=C2C(=O)CC(C)(C)C3)cc1OCC. The van der Waals surface area contributed by atoms with Gasteiger partial charge in [-0.25, -0.2) is 0 Å². The quantitative estimate of drug-likeness (QED) is 0.388. The smallest absolute Gasteiger partial charge is 0.175 e. The Morgan fingerprint density at radius 3 is 1.94 bits per heavy atom. The molecule has 0 aromatic heterocycles. The molecule has 0 fully saturated rings. The fraction of sp³-hybridized carbons (Fsp3) is 0.586. The molecule has 0 bridgehead atoms. The second kappa shape index (κ2) is 9.42. The van der Waals surface area contributed by atoms with Crippen molar-refractivity contribution in [3.63, 3.8) is 0 Å². The molecule has 0 spiro atoms. The topological polar surface area (TPSA) is 55.8 Å². The Balaban J connectivity index is 1.95. The summed E-state index contributed by atoms with van der Waals surface area (Å²) in [4.78, 5) is 29.6. The van der Waals surface area contributed by atoms with Gasteiger partial charge in [0.25, 0.3) is 0 Å². The Bertz CT molecular complexity index is 1070. The second-order valence-electron chi connectivity index (χ2n) is 11.7. The summed E-state index contributed by atoms with van der Waals surface area (Å²) in [7, 11) is 2.04. The van der Waals surface area contributed by atoms with Crippen LogP contribution in [0.3, 0.4) is 0 Å². The highest BCUT2D eigenvalue weighted by atomic mass is 79.9. The molecule has 0 saturated carbocycles. The van der Waals surface area contributed by atoms with Gasteiger partial charge in [0.1, 0.15) is 0 Å². The van der Waals surface area contributed by atoms with E-state index in [0.717, 1.165) is 51.8 Å². The molecule has 6 heteroatoms. The van der Waals surface area contributed by atoms with Crippen LogP contribution in [0.15, 0.2) is 39.1 Å². The Morgan fingerprint density at radius 2 is 1.46 bits per heavy atom. The fourth-order valence-electron chi connectivity index (χ4n) is 5.86. The van der Waals surface area contributed by atoms with E-state index in [1.165, 1.54) is 0 Å². The molecule has 3 aliphatic rings. The van der Waals surface area contributed by atoms with Crippen LogP contribution in [0.25, 0.3) is 0 Å². The lowest BCUT2D eigenvalue weighted by molar-refractivity contribution is -0.119. The number of hydrogen-bond donors (Lipinski definition) is 0. The van der Waals surface area contributed by atoms with Crippen LogP contribution in [0.4, 0.5) is 0 Å². The van der Waals surface area contributed by atoms with E-state index in [1.807, 2.05) is 26.1 Å². The van der Waals surface area contributed by atoms with E-state index < -0.39 is 0 Å². The Labute approximate surface area is 218 Å². The number of halogens is 1. The van der Waals surface area contributed by atoms with Gasteiger partial charge < -0.3 is 14.4 Å². The number of rotatable bonds is 6. The van der Waals surface area contributed by atoms with E-state index in [-0.39, 0.29) is 28.3 Å². The summed E-state index contributed by atoms with van der Waals surface area (Å²) in [6.45, 7) is 13.7. The van der Waals surface area contributed by atoms with Gasteiger partial charge in [-0.1, -0.05) is 34.6 Å². The number of benzene rings is 1. The molecule has 0 radical (unpaired) electrons. The molecular weight excluding hydrogens is 506 g/mol. The fourth-order valence-corrected chi connectivity index (χ4v) is 6.43. The van der Waals surface area contributed by atoms with Crippen molar-refractivity contribution in [2.75, 3.05) is 20.3 Å². The van der Waals surface area contributed by atoms with Gasteiger partial charge in [-0.2, -0.15) is 0 Å². The van der Waals surface area contributed by atoms with Gasteiger partial charge in [0.2, 0.25) is 0 Å². The number of Topliss-reactive ketones (excluding diaryl/α,β-unsaturated/α-hetero) is 2. The Kier molecular flexibility index (Phi) is 7.00. The van der Waals surface area contributed by atoms with Crippen LogP contribution in [0.2, 0.25) is 0 Å². The highest BCUT2D eigenvalue weighted by Crippen LogP contribution is 2.55. The third-order valence-electron chi connectivity index (χ3n) is 7.30. The van der Waals surface area contributed by atoms with Gasteiger partial charge in [-0.15, -0.1) is 0 Å². The summed E-state index contributed by atoms with van der Waals surface area (Å²) in [6, 6.07) is 3.99. The van der Waals surface area contributed by atoms with E-state index in [1.54, 1.807) is 0 Å². The van der Waals surface area contributed by atoms with Crippen LogP contribution in [0.1, 0.15) is 85.1 Å². The first-order valence-electron chi connectivity index (χ1n) is 12.7. The van der Waals surface area contributed by atoms with Gasteiger partial charge in [-0.05, 0) is 70.6 Å². The zero-order valence-corrected chi connectivity index (χ0v) is 23.7. The normalized spacial score (nSPS) is 21.8. The van der Waals surface area contributed by atoms with Gasteiger partial charge in [0, 0.05) is 48.3 Å². The monoisotopic (exact) mass is 543 g/mol. The Hall–Kier alpha value is -2.08. The predicted octanol–water partition coefficient (Wildman–Crippen LogP) is 6.95. The number of ether oxygens (including phenoxy) is 2. The predicted molar refractivity (Wildman–Crippen MR) is 142 cm³/mol. The Morgan fingerprint density at radius 1 is 0.914 bits per heavy atom. The molecule has 190 valence electrons. The third-order valence-corrected chi connectivity index (χ3v) is 7.88. The molecule has 35 heavy (non-hydrogen) atoms. The summed E-state index contributed by atoms with van der Waals surface area (Å²) < 4.78 is 12.8. The van der Waals surface area contributed by atoms with Crippen molar-refractivity contribution in [1.29, 1.82) is 0 Å². The summed E-state index contributed by atoms with van der Waals surface area (Å²) >= 11 is 3.70. The number of carbonyl (C=O) groups excluding carboxylic acids is 2. The number of ketones is 2. The van der Waals surface area contributed by atoms with Crippen LogP contribution in [-0.2, 0) is 9.59 Å². The van der Waals surface area contributed by atoms with Crippen molar-refractivity contribution in [2.45, 2.75) is 79.6 Å². The average molecular weight is 545 g/mol. The lowest BCUT2D eigenvalue weighted by atomic mass is 9.64. The third kappa shape index (κ3) is 4.83. The molecule has 0 unspecified atom stereocenters. The van der Waals surface area contributed by atoms with E-state index in [2.05, 4.69) is 55.4 Å². The highest BCUT2D eigenvalue weighted by Gasteiger charge is 2.48. The molecule has 0 N–H and O–H groups in total. The van der Waals surface area contributed by atoms with Gasteiger partial charge in [0.15, 0.2) is 23.1 Å². The van der Waals surface area contributed by atoms with E-state index in [0.29, 0.717) is 37.6 Å². The minimum absolute atomic E-state index is 0.115. The maximum atomic E-state index is 13.7. The first-order valence-corrected chi connectivity index (χ1v) is 13.5. The number of hydrogen-bond acceptors (Lipinski definition) is 5. The molecule has 0 saturated heterocycles. The van der Waals surface area contributed by atoms with Crippen molar-refractivity contribution >= 4 is 27.5 Å². The minimum Gasteiger partial charge on any atom is -0.490 e.